The number of rotatable bonds is 0. The van der Waals surface area contributed by atoms with Gasteiger partial charge in [-0.05, 0) is 17.1 Å². The highest BCUT2D eigenvalue weighted by molar-refractivity contribution is 5.77. The highest BCUT2D eigenvalue weighted by Gasteiger charge is 2.15. The Morgan fingerprint density at radius 3 is 2.93 bits per heavy atom. The average molecular weight is 199 g/mol. The van der Waals surface area contributed by atoms with Crippen LogP contribution in [0.4, 0.5) is 0 Å². The molecule has 0 aliphatic carbocycles. The van der Waals surface area contributed by atoms with Crippen molar-refractivity contribution in [2.45, 2.75) is 0 Å². The van der Waals surface area contributed by atoms with Crippen LogP contribution >= 0.6 is 0 Å². The summed E-state index contributed by atoms with van der Waals surface area (Å²) in [5.74, 6) is 0. The van der Waals surface area contributed by atoms with Gasteiger partial charge in [0.25, 0.3) is 0 Å². The zero-order valence-electron chi connectivity index (χ0n) is 8.68. The summed E-state index contributed by atoms with van der Waals surface area (Å²) in [5, 5.41) is 0. The van der Waals surface area contributed by atoms with Gasteiger partial charge in [-0.25, -0.2) is 9.55 Å². The van der Waals surface area contributed by atoms with Crippen LogP contribution in [0, 0.1) is 0 Å². The molecule has 3 aromatic rings. The monoisotopic (exact) mass is 199 g/mol. The molecule has 74 valence electrons. The number of imidazole rings is 1. The molecule has 0 amide bonds. The van der Waals surface area contributed by atoms with Gasteiger partial charge in [0.2, 0.25) is 12.0 Å². The Morgan fingerprint density at radius 2 is 2.07 bits per heavy atom. The van der Waals surface area contributed by atoms with Gasteiger partial charge in [-0.1, -0.05) is 12.1 Å². The molecule has 0 aliphatic rings. The van der Waals surface area contributed by atoms with Crippen LogP contribution in [0.5, 0.6) is 0 Å². The Labute approximate surface area is 86.8 Å². The van der Waals surface area contributed by atoms with Gasteiger partial charge in [0, 0.05) is 7.05 Å². The Hall–Kier alpha value is -1.97. The van der Waals surface area contributed by atoms with E-state index in [2.05, 4.69) is 20.6 Å². The van der Waals surface area contributed by atoms with E-state index in [-0.39, 0.29) is 0 Å². The van der Waals surface area contributed by atoms with Gasteiger partial charge >= 0.3 is 5.65 Å². The van der Waals surface area contributed by atoms with Crippen LogP contribution < -0.4 is 4.57 Å². The van der Waals surface area contributed by atoms with Gasteiger partial charge in [0.05, 0.1) is 7.05 Å². The van der Waals surface area contributed by atoms with E-state index in [9.17, 15) is 0 Å². The minimum atomic E-state index is 0.913. The average Bonchev–Trinajstić information content (AvgIpc) is 2.62. The molecule has 0 fully saturated rings. The molecule has 0 atom stereocenters. The fourth-order valence-corrected chi connectivity index (χ4v) is 1.85. The molecule has 4 nitrogen and oxygen atoms in total. The van der Waals surface area contributed by atoms with Crippen LogP contribution in [0.25, 0.3) is 22.3 Å². The fourth-order valence-electron chi connectivity index (χ4n) is 1.85. The van der Waals surface area contributed by atoms with Crippen molar-refractivity contribution in [1.29, 1.82) is 0 Å². The van der Waals surface area contributed by atoms with Gasteiger partial charge in [-0.3, -0.25) is 4.57 Å². The minimum absolute atomic E-state index is 0.913. The third-order valence-electron chi connectivity index (χ3n) is 2.67. The van der Waals surface area contributed by atoms with Gasteiger partial charge in [0.1, 0.15) is 5.52 Å². The molecule has 3 rings (SSSR count). The highest BCUT2D eigenvalue weighted by Crippen LogP contribution is 2.11. The van der Waals surface area contributed by atoms with E-state index in [4.69, 9.17) is 0 Å². The van der Waals surface area contributed by atoms with Gasteiger partial charge in [-0.2, -0.15) is 0 Å². The summed E-state index contributed by atoms with van der Waals surface area (Å²) in [6, 6.07) is 8.08. The first-order chi connectivity index (χ1) is 7.27. The van der Waals surface area contributed by atoms with Gasteiger partial charge in [0.15, 0.2) is 5.52 Å². The summed E-state index contributed by atoms with van der Waals surface area (Å²) >= 11 is 0. The van der Waals surface area contributed by atoms with Crippen molar-refractivity contribution in [3.8, 4) is 0 Å². The molecular weight excluding hydrogens is 188 g/mol. The predicted octanol–water partition coefficient (Wildman–Crippen LogP) is 0.946. The molecular formula is C11H11N4+. The first-order valence-corrected chi connectivity index (χ1v) is 4.83. The smallest absolute Gasteiger partial charge is 0.292 e. The SMILES string of the molecule is Cn1cnc2c1nc1ccccc1[n+]2C. The van der Waals surface area contributed by atoms with Crippen LogP contribution in [-0.2, 0) is 14.1 Å². The van der Waals surface area contributed by atoms with E-state index in [1.54, 1.807) is 6.33 Å². The topological polar surface area (TPSA) is 34.6 Å². The van der Waals surface area contributed by atoms with E-state index < -0.39 is 0 Å². The largest absolute Gasteiger partial charge is 0.368 e. The number of aromatic nitrogens is 4. The van der Waals surface area contributed by atoms with Crippen molar-refractivity contribution < 1.29 is 4.57 Å². The third kappa shape index (κ3) is 1.05. The Kier molecular flexibility index (Phi) is 1.54. The van der Waals surface area contributed by atoms with Crippen LogP contribution in [0.1, 0.15) is 0 Å². The van der Waals surface area contributed by atoms with Crippen LogP contribution in [-0.4, -0.2) is 14.5 Å². The molecule has 0 radical (unpaired) electrons. The molecule has 0 saturated heterocycles. The number of aryl methyl sites for hydroxylation is 2. The number of hydrogen-bond donors (Lipinski definition) is 0. The standard InChI is InChI=1S/C11H11N4/c1-14-7-12-10-11(14)13-8-5-3-4-6-9(8)15(10)2/h3-7H,1-2H3/q+1. The van der Waals surface area contributed by atoms with Crippen molar-refractivity contribution in [1.82, 2.24) is 14.5 Å². The van der Waals surface area contributed by atoms with Crippen molar-refractivity contribution in [3.63, 3.8) is 0 Å². The number of hydrogen-bond acceptors (Lipinski definition) is 2. The normalized spacial score (nSPS) is 11.3. The molecule has 0 N–H and O–H groups in total. The predicted molar refractivity (Wildman–Crippen MR) is 57.2 cm³/mol. The summed E-state index contributed by atoms with van der Waals surface area (Å²) in [6.07, 6.45) is 1.79. The number of benzene rings is 1. The van der Waals surface area contributed by atoms with Gasteiger partial charge < -0.3 is 0 Å². The van der Waals surface area contributed by atoms with E-state index in [0.29, 0.717) is 0 Å². The maximum atomic E-state index is 4.58. The molecule has 0 bridgehead atoms. The summed E-state index contributed by atoms with van der Waals surface area (Å²) < 4.78 is 4.00. The second kappa shape index (κ2) is 2.76. The Bertz CT molecular complexity index is 654. The maximum absolute atomic E-state index is 4.58. The molecule has 0 saturated carbocycles. The molecule has 0 aliphatic heterocycles. The number of para-hydroxylation sites is 2. The lowest BCUT2D eigenvalue weighted by Crippen LogP contribution is -2.31. The summed E-state index contributed by atoms with van der Waals surface area (Å²) in [4.78, 5) is 8.91. The first-order valence-electron chi connectivity index (χ1n) is 4.83. The number of nitrogens with zero attached hydrogens (tertiary/aromatic N) is 4. The zero-order valence-corrected chi connectivity index (χ0v) is 8.68. The zero-order chi connectivity index (χ0) is 10.4. The molecule has 4 heteroatoms. The first kappa shape index (κ1) is 8.35. The summed E-state index contributed by atoms with van der Waals surface area (Å²) in [6.45, 7) is 0. The molecule has 0 spiro atoms. The van der Waals surface area contributed by atoms with Crippen molar-refractivity contribution in [2.75, 3.05) is 0 Å². The Morgan fingerprint density at radius 1 is 1.27 bits per heavy atom. The van der Waals surface area contributed by atoms with Crippen molar-refractivity contribution in [2.24, 2.45) is 14.1 Å². The van der Waals surface area contributed by atoms with Crippen LogP contribution in [0.3, 0.4) is 0 Å². The summed E-state index contributed by atoms with van der Waals surface area (Å²) in [7, 11) is 3.97. The second-order valence-corrected chi connectivity index (χ2v) is 3.66. The van der Waals surface area contributed by atoms with Crippen molar-refractivity contribution >= 4 is 22.3 Å². The van der Waals surface area contributed by atoms with E-state index in [1.165, 1.54) is 0 Å². The van der Waals surface area contributed by atoms with E-state index in [1.807, 2.05) is 36.9 Å². The van der Waals surface area contributed by atoms with Crippen molar-refractivity contribution in [3.05, 3.63) is 30.6 Å². The highest BCUT2D eigenvalue weighted by atomic mass is 15.2. The van der Waals surface area contributed by atoms with Gasteiger partial charge in [-0.15, -0.1) is 0 Å². The molecule has 15 heavy (non-hydrogen) atoms. The second-order valence-electron chi connectivity index (χ2n) is 3.66. The lowest BCUT2D eigenvalue weighted by Gasteiger charge is -1.99. The van der Waals surface area contributed by atoms with Crippen LogP contribution in [0.15, 0.2) is 30.6 Å². The molecule has 2 aromatic heterocycles. The molecule has 2 heterocycles. The fraction of sp³-hybridized carbons (Fsp3) is 0.182. The molecule has 1 aromatic carbocycles. The number of fused-ring (bicyclic) bond motifs is 2. The van der Waals surface area contributed by atoms with E-state index >= 15 is 0 Å². The quantitative estimate of drug-likeness (QED) is 0.505. The lowest BCUT2D eigenvalue weighted by molar-refractivity contribution is -0.619. The molecule has 0 unspecified atom stereocenters. The third-order valence-corrected chi connectivity index (χ3v) is 2.67. The lowest BCUT2D eigenvalue weighted by atomic mass is 10.3. The van der Waals surface area contributed by atoms with Crippen LogP contribution in [0.2, 0.25) is 0 Å². The summed E-state index contributed by atoms with van der Waals surface area (Å²) in [5.41, 5.74) is 3.92. The minimum Gasteiger partial charge on any atom is -0.292 e. The van der Waals surface area contributed by atoms with E-state index in [0.717, 1.165) is 22.3 Å². The Balaban J connectivity index is 2.61. The maximum Gasteiger partial charge on any atom is 0.368 e.